The van der Waals surface area contributed by atoms with E-state index in [4.69, 9.17) is 0 Å². The fourth-order valence-electron chi connectivity index (χ4n) is 2.94. The van der Waals surface area contributed by atoms with Crippen molar-refractivity contribution in [3.05, 3.63) is 71.0 Å². The molecule has 0 spiro atoms. The molecule has 1 N–H and O–H groups in total. The van der Waals surface area contributed by atoms with Crippen molar-refractivity contribution in [2.75, 3.05) is 5.75 Å². The van der Waals surface area contributed by atoms with E-state index in [9.17, 15) is 14.0 Å². The van der Waals surface area contributed by atoms with Crippen LogP contribution in [0.25, 0.3) is 0 Å². The van der Waals surface area contributed by atoms with E-state index in [1.165, 1.54) is 35.0 Å². The van der Waals surface area contributed by atoms with Crippen molar-refractivity contribution < 1.29 is 14.0 Å². The molecule has 0 heterocycles. The predicted octanol–water partition coefficient (Wildman–Crippen LogP) is 4.70. The van der Waals surface area contributed by atoms with Crippen LogP contribution in [-0.4, -0.2) is 34.6 Å². The summed E-state index contributed by atoms with van der Waals surface area (Å²) in [7, 11) is 0. The van der Waals surface area contributed by atoms with Crippen LogP contribution in [0, 0.1) is 12.7 Å². The van der Waals surface area contributed by atoms with Crippen LogP contribution >= 0.6 is 11.8 Å². The van der Waals surface area contributed by atoms with Crippen LogP contribution in [0.5, 0.6) is 0 Å². The number of carbonyl (C=O) groups excluding carboxylic acids is 2. The highest BCUT2D eigenvalue weighted by Crippen LogP contribution is 2.18. The number of hydrogen-bond acceptors (Lipinski definition) is 3. The number of nitrogens with zero attached hydrogens (tertiary/aromatic N) is 1. The summed E-state index contributed by atoms with van der Waals surface area (Å²) in [6, 6.07) is 13.6. The molecule has 0 aliphatic carbocycles. The van der Waals surface area contributed by atoms with E-state index in [1.54, 1.807) is 24.0 Å². The summed E-state index contributed by atoms with van der Waals surface area (Å²) in [5, 5.41) is 2.95. The zero-order valence-electron chi connectivity index (χ0n) is 18.2. The van der Waals surface area contributed by atoms with Crippen molar-refractivity contribution in [3.63, 3.8) is 0 Å². The zero-order chi connectivity index (χ0) is 22.1. The zero-order valence-corrected chi connectivity index (χ0v) is 19.0. The molecule has 162 valence electrons. The molecule has 2 unspecified atom stereocenters. The van der Waals surface area contributed by atoms with Crippen molar-refractivity contribution in [2.45, 2.75) is 58.5 Å². The fraction of sp³-hybridized carbons (Fsp3) is 0.417. The third kappa shape index (κ3) is 7.17. The van der Waals surface area contributed by atoms with Gasteiger partial charge in [-0.3, -0.25) is 9.59 Å². The SMILES string of the molecule is CCC(C)NC(=O)C(C)N(Cc1ccc(F)cc1)C(=O)CSCc1ccccc1C. The normalized spacial score (nSPS) is 12.8. The summed E-state index contributed by atoms with van der Waals surface area (Å²) in [6.07, 6.45) is 0.816. The van der Waals surface area contributed by atoms with E-state index in [-0.39, 0.29) is 36.0 Å². The van der Waals surface area contributed by atoms with Gasteiger partial charge >= 0.3 is 0 Å². The van der Waals surface area contributed by atoms with E-state index < -0.39 is 6.04 Å². The fourth-order valence-corrected chi connectivity index (χ4v) is 3.92. The minimum atomic E-state index is -0.615. The van der Waals surface area contributed by atoms with Gasteiger partial charge in [-0.1, -0.05) is 43.3 Å². The average molecular weight is 431 g/mol. The van der Waals surface area contributed by atoms with Crippen LogP contribution in [0.1, 0.15) is 43.9 Å². The number of benzene rings is 2. The first-order valence-electron chi connectivity index (χ1n) is 10.3. The molecule has 4 nitrogen and oxygen atoms in total. The number of aryl methyl sites for hydroxylation is 1. The van der Waals surface area contributed by atoms with E-state index in [1.807, 2.05) is 26.0 Å². The van der Waals surface area contributed by atoms with Gasteiger partial charge in [0.2, 0.25) is 11.8 Å². The topological polar surface area (TPSA) is 49.4 Å². The molecule has 0 fully saturated rings. The Balaban J connectivity index is 2.08. The summed E-state index contributed by atoms with van der Waals surface area (Å²) >= 11 is 1.53. The second kappa shape index (κ2) is 11.7. The second-order valence-corrected chi connectivity index (χ2v) is 8.55. The van der Waals surface area contributed by atoms with Gasteiger partial charge < -0.3 is 10.2 Å². The molecule has 2 rings (SSSR count). The van der Waals surface area contributed by atoms with Gasteiger partial charge in [0.15, 0.2) is 0 Å². The molecule has 2 atom stereocenters. The smallest absolute Gasteiger partial charge is 0.242 e. The highest BCUT2D eigenvalue weighted by Gasteiger charge is 2.26. The van der Waals surface area contributed by atoms with Crippen molar-refractivity contribution >= 4 is 23.6 Å². The Morgan fingerprint density at radius 2 is 1.77 bits per heavy atom. The van der Waals surface area contributed by atoms with Gasteiger partial charge in [0, 0.05) is 18.3 Å². The van der Waals surface area contributed by atoms with Crippen LogP contribution in [0.3, 0.4) is 0 Å². The third-order valence-corrected chi connectivity index (χ3v) is 6.15. The molecule has 0 saturated carbocycles. The minimum Gasteiger partial charge on any atom is -0.352 e. The molecule has 2 amide bonds. The molecular weight excluding hydrogens is 399 g/mol. The monoisotopic (exact) mass is 430 g/mol. The molecule has 0 aromatic heterocycles. The highest BCUT2D eigenvalue weighted by atomic mass is 32.2. The van der Waals surface area contributed by atoms with Crippen LogP contribution in [0.2, 0.25) is 0 Å². The lowest BCUT2D eigenvalue weighted by molar-refractivity contribution is -0.138. The maximum absolute atomic E-state index is 13.3. The molecule has 0 saturated heterocycles. The van der Waals surface area contributed by atoms with Crippen molar-refractivity contribution in [1.29, 1.82) is 0 Å². The lowest BCUT2D eigenvalue weighted by atomic mass is 10.1. The number of nitrogens with one attached hydrogen (secondary N) is 1. The summed E-state index contributed by atoms with van der Waals surface area (Å²) < 4.78 is 13.3. The summed E-state index contributed by atoms with van der Waals surface area (Å²) in [6.45, 7) is 8.00. The van der Waals surface area contributed by atoms with E-state index in [2.05, 4.69) is 24.4 Å². The molecule has 6 heteroatoms. The highest BCUT2D eigenvalue weighted by molar-refractivity contribution is 7.99. The van der Waals surface area contributed by atoms with E-state index in [0.717, 1.165) is 17.7 Å². The number of carbonyl (C=O) groups is 2. The Morgan fingerprint density at radius 1 is 1.10 bits per heavy atom. The maximum atomic E-state index is 13.3. The first-order valence-corrected chi connectivity index (χ1v) is 11.4. The first-order chi connectivity index (χ1) is 14.3. The number of hydrogen-bond donors (Lipinski definition) is 1. The molecule has 0 radical (unpaired) electrons. The largest absolute Gasteiger partial charge is 0.352 e. The van der Waals surface area contributed by atoms with Crippen molar-refractivity contribution in [2.24, 2.45) is 0 Å². The number of thioether (sulfide) groups is 1. The van der Waals surface area contributed by atoms with Gasteiger partial charge in [0.25, 0.3) is 0 Å². The van der Waals surface area contributed by atoms with E-state index in [0.29, 0.717) is 0 Å². The quantitative estimate of drug-likeness (QED) is 0.594. The first kappa shape index (κ1) is 23.9. The van der Waals surface area contributed by atoms with Gasteiger partial charge in [-0.05, 0) is 56.0 Å². The van der Waals surface area contributed by atoms with Gasteiger partial charge in [0.1, 0.15) is 11.9 Å². The summed E-state index contributed by atoms with van der Waals surface area (Å²) in [4.78, 5) is 27.3. The number of amides is 2. The Kier molecular flexibility index (Phi) is 9.37. The van der Waals surface area contributed by atoms with Crippen molar-refractivity contribution in [3.8, 4) is 0 Å². The van der Waals surface area contributed by atoms with Gasteiger partial charge in [-0.15, -0.1) is 11.8 Å². The average Bonchev–Trinajstić information content (AvgIpc) is 2.73. The van der Waals surface area contributed by atoms with Crippen LogP contribution in [0.15, 0.2) is 48.5 Å². The van der Waals surface area contributed by atoms with Crippen LogP contribution in [0.4, 0.5) is 4.39 Å². The minimum absolute atomic E-state index is 0.0400. The number of halogens is 1. The molecule has 30 heavy (non-hydrogen) atoms. The van der Waals surface area contributed by atoms with Gasteiger partial charge in [-0.25, -0.2) is 4.39 Å². The standard InChI is InChI=1S/C24H31FN2O2S/c1-5-18(3)26-24(29)19(4)27(14-20-10-12-22(25)13-11-20)23(28)16-30-15-21-9-7-6-8-17(21)2/h6-13,18-19H,5,14-16H2,1-4H3,(H,26,29). The Labute approximate surface area is 183 Å². The molecule has 0 aliphatic heterocycles. The van der Waals surface area contributed by atoms with Gasteiger partial charge in [0.05, 0.1) is 5.75 Å². The summed E-state index contributed by atoms with van der Waals surface area (Å²) in [5.74, 6) is 0.397. The number of rotatable bonds is 10. The van der Waals surface area contributed by atoms with Crippen LogP contribution in [-0.2, 0) is 21.9 Å². The second-order valence-electron chi connectivity index (χ2n) is 7.56. The lowest BCUT2D eigenvalue weighted by Crippen LogP contribution is -2.50. The van der Waals surface area contributed by atoms with E-state index >= 15 is 0 Å². The Morgan fingerprint density at radius 3 is 2.40 bits per heavy atom. The summed E-state index contributed by atoms with van der Waals surface area (Å²) in [5.41, 5.74) is 3.18. The maximum Gasteiger partial charge on any atom is 0.242 e. The lowest BCUT2D eigenvalue weighted by Gasteiger charge is -2.29. The van der Waals surface area contributed by atoms with Crippen molar-refractivity contribution in [1.82, 2.24) is 10.2 Å². The molecule has 2 aromatic carbocycles. The predicted molar refractivity (Wildman–Crippen MR) is 122 cm³/mol. The Hall–Kier alpha value is -2.34. The van der Waals surface area contributed by atoms with Gasteiger partial charge in [-0.2, -0.15) is 0 Å². The Bertz CT molecular complexity index is 841. The molecule has 2 aromatic rings. The molecule has 0 bridgehead atoms. The molecule has 0 aliphatic rings. The molecular formula is C24H31FN2O2S. The third-order valence-electron chi connectivity index (χ3n) is 5.18. The van der Waals surface area contributed by atoms with Crippen LogP contribution < -0.4 is 5.32 Å².